The summed E-state index contributed by atoms with van der Waals surface area (Å²) in [5, 5.41) is 0.764. The Bertz CT molecular complexity index is 1630. The molecule has 2 heterocycles. The zero-order valence-corrected chi connectivity index (χ0v) is 19.9. The fourth-order valence-corrected chi connectivity index (χ4v) is 4.33. The van der Waals surface area contributed by atoms with Crippen LogP contribution in [0.5, 0.6) is 11.5 Å². The molecule has 0 radical (unpaired) electrons. The van der Waals surface area contributed by atoms with Gasteiger partial charge in [0.15, 0.2) is 11.5 Å². The Morgan fingerprint density at radius 2 is 1.43 bits per heavy atom. The van der Waals surface area contributed by atoms with Crippen molar-refractivity contribution in [1.82, 2.24) is 15.8 Å². The van der Waals surface area contributed by atoms with Crippen molar-refractivity contribution >= 4 is 22.5 Å². The van der Waals surface area contributed by atoms with Crippen LogP contribution in [-0.2, 0) is 0 Å². The van der Waals surface area contributed by atoms with Crippen LogP contribution in [0, 0.1) is 0 Å². The van der Waals surface area contributed by atoms with Crippen molar-refractivity contribution in [3.05, 3.63) is 121 Å². The normalized spacial score (nSPS) is 11.8. The SMILES string of the molecule is C=C(NNC(=O)c1cc(-c2ccc(-c3ccccc3)cc2)nc2ccccc12)c1ccc2c(c1)OCO2. The number of carbonyl (C=O) groups is 1. The van der Waals surface area contributed by atoms with E-state index in [1.165, 1.54) is 0 Å². The van der Waals surface area contributed by atoms with E-state index in [0.29, 0.717) is 22.8 Å². The number of benzene rings is 4. The van der Waals surface area contributed by atoms with Gasteiger partial charge in [0.2, 0.25) is 6.79 Å². The van der Waals surface area contributed by atoms with Crippen molar-refractivity contribution in [2.24, 2.45) is 0 Å². The highest BCUT2D eigenvalue weighted by Gasteiger charge is 2.16. The molecule has 37 heavy (non-hydrogen) atoms. The highest BCUT2D eigenvalue weighted by atomic mass is 16.7. The van der Waals surface area contributed by atoms with E-state index in [1.807, 2.05) is 78.9 Å². The smallest absolute Gasteiger partial charge is 0.270 e. The highest BCUT2D eigenvalue weighted by molar-refractivity contribution is 6.07. The molecular weight excluding hydrogens is 462 g/mol. The first-order valence-corrected chi connectivity index (χ1v) is 11.9. The van der Waals surface area contributed by atoms with E-state index in [-0.39, 0.29) is 12.7 Å². The molecule has 0 spiro atoms. The predicted octanol–water partition coefficient (Wildman–Crippen LogP) is 6.20. The number of hydrogen-bond donors (Lipinski definition) is 2. The monoisotopic (exact) mass is 485 g/mol. The Balaban J connectivity index is 1.26. The van der Waals surface area contributed by atoms with Crippen LogP contribution in [0.4, 0.5) is 0 Å². The van der Waals surface area contributed by atoms with Crippen LogP contribution in [0.2, 0.25) is 0 Å². The van der Waals surface area contributed by atoms with E-state index >= 15 is 0 Å². The third-order valence-corrected chi connectivity index (χ3v) is 6.30. The second kappa shape index (κ2) is 9.51. The van der Waals surface area contributed by atoms with Crippen LogP contribution >= 0.6 is 0 Å². The molecule has 0 unspecified atom stereocenters. The molecule has 0 saturated heterocycles. The summed E-state index contributed by atoms with van der Waals surface area (Å²) in [6.45, 7) is 4.24. The maximum absolute atomic E-state index is 13.3. The number of aromatic nitrogens is 1. The van der Waals surface area contributed by atoms with Crippen molar-refractivity contribution in [1.29, 1.82) is 0 Å². The summed E-state index contributed by atoms with van der Waals surface area (Å²) in [4.78, 5) is 18.1. The molecule has 6 heteroatoms. The Labute approximate surface area is 214 Å². The summed E-state index contributed by atoms with van der Waals surface area (Å²) < 4.78 is 10.8. The summed E-state index contributed by atoms with van der Waals surface area (Å²) in [6, 6.07) is 33.3. The standard InChI is InChI=1S/C31H23N3O3/c1-20(24-15-16-29-30(17-24)37-19-36-29)33-34-31(35)26-18-28(32-27-10-6-5-9-25(26)27)23-13-11-22(12-14-23)21-7-3-2-4-8-21/h2-18,33H,1,19H2,(H,34,35). The zero-order valence-electron chi connectivity index (χ0n) is 19.9. The van der Waals surface area contributed by atoms with Crippen LogP contribution in [0.1, 0.15) is 15.9 Å². The molecule has 180 valence electrons. The second-order valence-electron chi connectivity index (χ2n) is 8.64. The molecule has 0 bridgehead atoms. The number of fused-ring (bicyclic) bond motifs is 2. The van der Waals surface area contributed by atoms with Gasteiger partial charge in [-0.3, -0.25) is 15.6 Å². The van der Waals surface area contributed by atoms with E-state index < -0.39 is 0 Å². The van der Waals surface area contributed by atoms with Crippen molar-refractivity contribution in [3.63, 3.8) is 0 Å². The van der Waals surface area contributed by atoms with Gasteiger partial charge < -0.3 is 9.47 Å². The minimum Gasteiger partial charge on any atom is -0.454 e. The minimum absolute atomic E-state index is 0.196. The van der Waals surface area contributed by atoms with Gasteiger partial charge >= 0.3 is 0 Å². The molecule has 1 aliphatic heterocycles. The first kappa shape index (κ1) is 22.4. The van der Waals surface area contributed by atoms with Crippen LogP contribution in [-0.4, -0.2) is 17.7 Å². The molecule has 1 aromatic heterocycles. The number of rotatable bonds is 6. The lowest BCUT2D eigenvalue weighted by Crippen LogP contribution is -2.36. The Kier molecular flexibility index (Phi) is 5.75. The third kappa shape index (κ3) is 4.48. The van der Waals surface area contributed by atoms with Gasteiger partial charge in [-0.1, -0.05) is 79.4 Å². The lowest BCUT2D eigenvalue weighted by atomic mass is 10.0. The summed E-state index contributed by atoms with van der Waals surface area (Å²) >= 11 is 0. The molecule has 0 aliphatic carbocycles. The van der Waals surface area contributed by atoms with Gasteiger partial charge in [-0.15, -0.1) is 0 Å². The maximum Gasteiger partial charge on any atom is 0.270 e. The van der Waals surface area contributed by atoms with Crippen molar-refractivity contribution in [2.75, 3.05) is 6.79 Å². The fraction of sp³-hybridized carbons (Fsp3) is 0.0323. The topological polar surface area (TPSA) is 72.5 Å². The molecule has 6 nitrogen and oxygen atoms in total. The number of amides is 1. The van der Waals surface area contributed by atoms with Gasteiger partial charge in [0.05, 0.1) is 22.5 Å². The number of para-hydroxylation sites is 1. The fourth-order valence-electron chi connectivity index (χ4n) is 4.33. The van der Waals surface area contributed by atoms with Gasteiger partial charge in [0.25, 0.3) is 5.91 Å². The number of hydrazine groups is 1. The third-order valence-electron chi connectivity index (χ3n) is 6.30. The molecule has 0 fully saturated rings. The molecule has 2 N–H and O–H groups in total. The van der Waals surface area contributed by atoms with E-state index in [0.717, 1.165) is 38.9 Å². The lowest BCUT2D eigenvalue weighted by Gasteiger charge is -2.14. The molecule has 4 aromatic carbocycles. The quantitative estimate of drug-likeness (QED) is 0.280. The summed E-state index contributed by atoms with van der Waals surface area (Å²) in [6.07, 6.45) is 0. The number of carbonyl (C=O) groups excluding carboxylic acids is 1. The molecule has 6 rings (SSSR count). The van der Waals surface area contributed by atoms with Gasteiger partial charge in [0.1, 0.15) is 0 Å². The number of pyridine rings is 1. The summed E-state index contributed by atoms with van der Waals surface area (Å²) in [5.41, 5.74) is 12.2. The van der Waals surface area contributed by atoms with Crippen molar-refractivity contribution in [3.8, 4) is 33.9 Å². The van der Waals surface area contributed by atoms with E-state index in [9.17, 15) is 4.79 Å². The van der Waals surface area contributed by atoms with Gasteiger partial charge in [0, 0.05) is 16.5 Å². The van der Waals surface area contributed by atoms with Gasteiger partial charge in [-0.25, -0.2) is 4.98 Å². The van der Waals surface area contributed by atoms with Crippen molar-refractivity contribution < 1.29 is 14.3 Å². The van der Waals surface area contributed by atoms with Crippen LogP contribution in [0.25, 0.3) is 39.0 Å². The largest absolute Gasteiger partial charge is 0.454 e. The Hall–Kier alpha value is -5.10. The molecular formula is C31H23N3O3. The Morgan fingerprint density at radius 3 is 2.27 bits per heavy atom. The van der Waals surface area contributed by atoms with Crippen LogP contribution in [0.15, 0.2) is 110 Å². The lowest BCUT2D eigenvalue weighted by molar-refractivity contribution is 0.0944. The summed E-state index contributed by atoms with van der Waals surface area (Å²) in [7, 11) is 0. The first-order chi connectivity index (χ1) is 18.2. The zero-order chi connectivity index (χ0) is 25.2. The second-order valence-corrected chi connectivity index (χ2v) is 8.64. The van der Waals surface area contributed by atoms with E-state index in [1.54, 1.807) is 0 Å². The van der Waals surface area contributed by atoms with Gasteiger partial charge in [-0.05, 0) is 41.5 Å². The van der Waals surface area contributed by atoms with Gasteiger partial charge in [-0.2, -0.15) is 0 Å². The molecule has 5 aromatic rings. The average Bonchev–Trinajstić information content (AvgIpc) is 3.44. The number of nitrogens with one attached hydrogen (secondary N) is 2. The molecule has 0 saturated carbocycles. The average molecular weight is 486 g/mol. The van der Waals surface area contributed by atoms with Crippen molar-refractivity contribution in [2.45, 2.75) is 0 Å². The van der Waals surface area contributed by atoms with Crippen LogP contribution < -0.4 is 20.3 Å². The number of ether oxygens (including phenoxy) is 2. The number of nitrogens with zero attached hydrogens (tertiary/aromatic N) is 1. The predicted molar refractivity (Wildman–Crippen MR) is 145 cm³/mol. The highest BCUT2D eigenvalue weighted by Crippen LogP contribution is 2.34. The van der Waals surface area contributed by atoms with Crippen LogP contribution in [0.3, 0.4) is 0 Å². The first-order valence-electron chi connectivity index (χ1n) is 11.9. The minimum atomic E-state index is -0.289. The van der Waals surface area contributed by atoms with E-state index in [2.05, 4.69) is 41.7 Å². The number of hydrogen-bond acceptors (Lipinski definition) is 5. The molecule has 0 atom stereocenters. The maximum atomic E-state index is 13.3. The molecule has 1 amide bonds. The molecule has 1 aliphatic rings. The summed E-state index contributed by atoms with van der Waals surface area (Å²) in [5.74, 6) is 1.05. The van der Waals surface area contributed by atoms with E-state index in [4.69, 9.17) is 14.5 Å². The Morgan fingerprint density at radius 1 is 0.730 bits per heavy atom.